The number of nitrogens with zero attached hydrogens (tertiary/aromatic N) is 3. The van der Waals surface area contributed by atoms with Gasteiger partial charge in [-0.1, -0.05) is 38.5 Å². The number of nitrogens with two attached hydrogens (primary N) is 1. The monoisotopic (exact) mass is 272 g/mol. The molecule has 0 unspecified atom stereocenters. The number of hydrogen-bond acceptors (Lipinski definition) is 5. The van der Waals surface area contributed by atoms with Crippen molar-refractivity contribution in [1.29, 1.82) is 0 Å². The molecule has 1 rings (SSSR count). The largest absolute Gasteiger partial charge is 0.481 e. The summed E-state index contributed by atoms with van der Waals surface area (Å²) in [6.45, 7) is 4.25. The summed E-state index contributed by atoms with van der Waals surface area (Å²) >= 11 is 1.09. The summed E-state index contributed by atoms with van der Waals surface area (Å²) in [6, 6.07) is 0. The normalized spacial score (nSPS) is 11.1. The zero-order chi connectivity index (χ0) is 13.5. The highest BCUT2D eigenvalue weighted by Gasteiger charge is 2.19. The molecular formula is C11H20N4O2S. The molecule has 6 nitrogen and oxygen atoms in total. The van der Waals surface area contributed by atoms with Crippen LogP contribution in [-0.2, 0) is 4.79 Å². The maximum Gasteiger partial charge on any atom is 0.313 e. The highest BCUT2D eigenvalue weighted by molar-refractivity contribution is 7.99. The first-order valence-electron chi connectivity index (χ1n) is 6.15. The van der Waals surface area contributed by atoms with Crippen LogP contribution in [0.3, 0.4) is 0 Å². The molecule has 0 aliphatic rings. The van der Waals surface area contributed by atoms with Gasteiger partial charge in [0, 0.05) is 5.92 Å². The minimum absolute atomic E-state index is 0.0540. The van der Waals surface area contributed by atoms with Gasteiger partial charge in [0.2, 0.25) is 5.16 Å². The zero-order valence-corrected chi connectivity index (χ0v) is 11.6. The van der Waals surface area contributed by atoms with Crippen molar-refractivity contribution in [2.45, 2.75) is 50.6 Å². The quantitative estimate of drug-likeness (QED) is 0.554. The molecule has 0 aromatic carbocycles. The van der Waals surface area contributed by atoms with E-state index in [2.05, 4.69) is 24.0 Å². The molecule has 0 aliphatic heterocycles. The van der Waals surface area contributed by atoms with Gasteiger partial charge in [0.1, 0.15) is 0 Å². The Balaban J connectivity index is 2.79. The zero-order valence-electron chi connectivity index (χ0n) is 10.8. The number of carboxylic acid groups (broad SMARTS) is 1. The summed E-state index contributed by atoms with van der Waals surface area (Å²) in [5.41, 5.74) is 0. The topological polar surface area (TPSA) is 94.0 Å². The number of rotatable bonds is 8. The predicted molar refractivity (Wildman–Crippen MR) is 71.1 cm³/mol. The molecule has 0 amide bonds. The van der Waals surface area contributed by atoms with E-state index in [0.717, 1.165) is 43.3 Å². The van der Waals surface area contributed by atoms with Crippen LogP contribution in [0, 0.1) is 0 Å². The highest BCUT2D eigenvalue weighted by Crippen LogP contribution is 2.26. The van der Waals surface area contributed by atoms with E-state index in [9.17, 15) is 4.79 Å². The molecule has 0 atom stereocenters. The smallest absolute Gasteiger partial charge is 0.313 e. The van der Waals surface area contributed by atoms with Gasteiger partial charge < -0.3 is 10.9 Å². The number of hydrogen-bond donors (Lipinski definition) is 2. The molecule has 1 aromatic rings. The van der Waals surface area contributed by atoms with Crippen LogP contribution >= 0.6 is 11.8 Å². The average molecular weight is 272 g/mol. The maximum absolute atomic E-state index is 10.5. The Morgan fingerprint density at radius 3 is 2.50 bits per heavy atom. The lowest BCUT2D eigenvalue weighted by Crippen LogP contribution is -2.17. The Labute approximate surface area is 111 Å². The van der Waals surface area contributed by atoms with Crippen LogP contribution in [-0.4, -0.2) is 31.7 Å². The van der Waals surface area contributed by atoms with Crippen molar-refractivity contribution in [3.05, 3.63) is 5.82 Å². The Hall–Kier alpha value is -1.24. The van der Waals surface area contributed by atoms with Gasteiger partial charge in [0.25, 0.3) is 0 Å². The molecule has 0 spiro atoms. The lowest BCUT2D eigenvalue weighted by Gasteiger charge is -2.13. The molecule has 0 aliphatic carbocycles. The lowest BCUT2D eigenvalue weighted by atomic mass is 9.98. The summed E-state index contributed by atoms with van der Waals surface area (Å²) in [5, 5.41) is 17.2. The summed E-state index contributed by atoms with van der Waals surface area (Å²) < 4.78 is 1.43. The van der Waals surface area contributed by atoms with Crippen LogP contribution < -0.4 is 5.84 Å². The van der Waals surface area contributed by atoms with Crippen LogP contribution in [0.2, 0.25) is 0 Å². The number of carboxylic acids is 1. The van der Waals surface area contributed by atoms with Gasteiger partial charge >= 0.3 is 5.97 Å². The second-order valence-corrected chi connectivity index (χ2v) is 5.11. The molecular weight excluding hydrogens is 252 g/mol. The summed E-state index contributed by atoms with van der Waals surface area (Å²) in [6.07, 6.45) is 4.17. The van der Waals surface area contributed by atoms with Crippen LogP contribution in [0.4, 0.5) is 0 Å². The van der Waals surface area contributed by atoms with Gasteiger partial charge in [-0.25, -0.2) is 4.68 Å². The van der Waals surface area contributed by atoms with E-state index in [1.54, 1.807) is 0 Å². The highest BCUT2D eigenvalue weighted by atomic mass is 32.2. The minimum atomic E-state index is -0.886. The van der Waals surface area contributed by atoms with Gasteiger partial charge in [-0.15, -0.1) is 10.2 Å². The second-order valence-electron chi connectivity index (χ2n) is 4.17. The number of nitrogen functional groups attached to an aromatic ring is 1. The first-order chi connectivity index (χ1) is 8.60. The Morgan fingerprint density at radius 1 is 1.39 bits per heavy atom. The first-order valence-corrected chi connectivity index (χ1v) is 7.13. The summed E-state index contributed by atoms with van der Waals surface area (Å²) in [4.78, 5) is 10.5. The van der Waals surface area contributed by atoms with Crippen molar-refractivity contribution in [2.75, 3.05) is 11.6 Å². The van der Waals surface area contributed by atoms with E-state index in [-0.39, 0.29) is 5.75 Å². The van der Waals surface area contributed by atoms with Gasteiger partial charge in [-0.2, -0.15) is 0 Å². The fourth-order valence-corrected chi connectivity index (χ4v) is 2.47. The molecule has 0 bridgehead atoms. The summed E-state index contributed by atoms with van der Waals surface area (Å²) in [5.74, 6) is 6.05. The van der Waals surface area contributed by atoms with Crippen molar-refractivity contribution in [1.82, 2.24) is 14.9 Å². The van der Waals surface area contributed by atoms with Crippen molar-refractivity contribution in [2.24, 2.45) is 0 Å². The molecule has 0 saturated heterocycles. The van der Waals surface area contributed by atoms with Gasteiger partial charge in [-0.3, -0.25) is 4.79 Å². The van der Waals surface area contributed by atoms with Crippen LogP contribution in [0.25, 0.3) is 0 Å². The van der Waals surface area contributed by atoms with Gasteiger partial charge in [0.05, 0.1) is 5.75 Å². The Kier molecular flexibility index (Phi) is 5.97. The molecule has 1 aromatic heterocycles. The van der Waals surface area contributed by atoms with E-state index in [1.165, 1.54) is 4.68 Å². The second kappa shape index (κ2) is 7.25. The van der Waals surface area contributed by atoms with Crippen LogP contribution in [0.1, 0.15) is 51.3 Å². The average Bonchev–Trinajstić information content (AvgIpc) is 2.68. The fraction of sp³-hybridized carbons (Fsp3) is 0.727. The van der Waals surface area contributed by atoms with Crippen molar-refractivity contribution >= 4 is 17.7 Å². The third kappa shape index (κ3) is 3.90. The molecule has 102 valence electrons. The number of aliphatic carboxylic acids is 1. The van der Waals surface area contributed by atoms with Crippen molar-refractivity contribution in [3.63, 3.8) is 0 Å². The number of aromatic nitrogens is 3. The SMILES string of the molecule is CCCC(CCC)c1nnc(SCC(=O)O)n1N. The van der Waals surface area contributed by atoms with Crippen molar-refractivity contribution < 1.29 is 9.90 Å². The molecule has 0 fully saturated rings. The lowest BCUT2D eigenvalue weighted by molar-refractivity contribution is -0.133. The van der Waals surface area contributed by atoms with Crippen LogP contribution in [0.15, 0.2) is 5.16 Å². The van der Waals surface area contributed by atoms with E-state index >= 15 is 0 Å². The molecule has 3 N–H and O–H groups in total. The van der Waals surface area contributed by atoms with E-state index in [1.807, 2.05) is 0 Å². The van der Waals surface area contributed by atoms with Crippen LogP contribution in [0.5, 0.6) is 0 Å². The van der Waals surface area contributed by atoms with Gasteiger partial charge in [-0.05, 0) is 12.8 Å². The summed E-state index contributed by atoms with van der Waals surface area (Å²) in [7, 11) is 0. The maximum atomic E-state index is 10.5. The van der Waals surface area contributed by atoms with E-state index < -0.39 is 5.97 Å². The standard InChI is InChI=1S/C11H20N4O2S/c1-3-5-8(6-4-2)10-13-14-11(15(10)12)18-7-9(16)17/h8H,3-7,12H2,1-2H3,(H,16,17). The minimum Gasteiger partial charge on any atom is -0.481 e. The molecule has 7 heteroatoms. The Morgan fingerprint density at radius 2 is 2.00 bits per heavy atom. The molecule has 0 saturated carbocycles. The van der Waals surface area contributed by atoms with Gasteiger partial charge in [0.15, 0.2) is 5.82 Å². The predicted octanol–water partition coefficient (Wildman–Crippen LogP) is 1.85. The number of thioether (sulfide) groups is 1. The van der Waals surface area contributed by atoms with E-state index in [4.69, 9.17) is 10.9 Å². The van der Waals surface area contributed by atoms with E-state index in [0.29, 0.717) is 11.1 Å². The third-order valence-electron chi connectivity index (χ3n) is 2.66. The molecule has 18 heavy (non-hydrogen) atoms. The molecule has 1 heterocycles. The van der Waals surface area contributed by atoms with Crippen molar-refractivity contribution in [3.8, 4) is 0 Å². The first kappa shape index (κ1) is 14.8. The molecule has 0 radical (unpaired) electrons. The third-order valence-corrected chi connectivity index (χ3v) is 3.58. The fourth-order valence-electron chi connectivity index (χ4n) is 1.89. The Bertz CT molecular complexity index is 388. The number of carbonyl (C=O) groups is 1.